The normalized spacial score (nSPS) is 14.1. The lowest BCUT2D eigenvalue weighted by Crippen LogP contribution is -2.50. The van der Waals surface area contributed by atoms with Gasteiger partial charge in [-0.15, -0.1) is 0 Å². The lowest BCUT2D eigenvalue weighted by Gasteiger charge is -2.36. The predicted octanol–water partition coefficient (Wildman–Crippen LogP) is 1.49. The summed E-state index contributed by atoms with van der Waals surface area (Å²) in [5.74, 6) is 0.100. The molecule has 1 unspecified atom stereocenters. The van der Waals surface area contributed by atoms with E-state index in [1.807, 2.05) is 23.1 Å². The van der Waals surface area contributed by atoms with Crippen LogP contribution in [0.15, 0.2) is 125 Å². The maximum Gasteiger partial charge on any atom is 0.338 e. The zero-order chi connectivity index (χ0) is 35.6. The van der Waals surface area contributed by atoms with Crippen LogP contribution in [0.3, 0.4) is 0 Å². The number of rotatable bonds is 7. The first-order valence-electron chi connectivity index (χ1n) is 15.6. The van der Waals surface area contributed by atoms with Crippen molar-refractivity contribution < 1.29 is 27.2 Å². The van der Waals surface area contributed by atoms with Gasteiger partial charge in [-0.3, -0.25) is 19.1 Å². The van der Waals surface area contributed by atoms with E-state index in [0.29, 0.717) is 26.2 Å². The van der Waals surface area contributed by atoms with E-state index in [2.05, 4.69) is 9.88 Å². The molecule has 1 aliphatic heterocycles. The third-order valence-electron chi connectivity index (χ3n) is 8.24. The Hall–Kier alpha value is -6.68. The molecule has 0 amide bonds. The molecule has 2 aromatic carbocycles. The number of esters is 1. The van der Waals surface area contributed by atoms with Crippen LogP contribution in [0.25, 0.3) is 33.1 Å². The number of ether oxygens (including phenoxy) is 1. The summed E-state index contributed by atoms with van der Waals surface area (Å²) in [5, 5.41) is -1.20. The Morgan fingerprint density at radius 2 is 1.14 bits per heavy atom. The van der Waals surface area contributed by atoms with Gasteiger partial charge >= 0.3 is 28.5 Å². The fourth-order valence-corrected chi connectivity index (χ4v) is 5.91. The van der Waals surface area contributed by atoms with Gasteiger partial charge in [0.1, 0.15) is 22.7 Å². The summed E-state index contributed by atoms with van der Waals surface area (Å²) in [7, 11) is 0. The van der Waals surface area contributed by atoms with Gasteiger partial charge in [-0.25, -0.2) is 29.0 Å². The first-order chi connectivity index (χ1) is 24.7. The molecule has 1 aliphatic rings. The number of piperazine rings is 1. The number of carbonyl (C=O) groups excluding carboxylic acids is 1. The number of benzene rings is 2. The highest BCUT2D eigenvalue weighted by atomic mass is 16.5. The van der Waals surface area contributed by atoms with Crippen molar-refractivity contribution in [2.45, 2.75) is 12.6 Å². The molecule has 4 aromatic heterocycles. The molecule has 0 saturated carbocycles. The molecule has 5 heterocycles. The third-order valence-corrected chi connectivity index (χ3v) is 8.24. The maximum atomic E-state index is 14.2. The van der Waals surface area contributed by atoms with Crippen LogP contribution in [0, 0.1) is 0 Å². The standard InChI is InChI=1S/C35H26N4O12/c40-23-9-11-25(42)50-31-29(48-23)27-28(30-32(31)51-26(43)12-10-24(41)49-30)34(45)39(33(27)44)19-21(47-35(46)20-6-2-1-3-7-20)18-37-14-16-38(17-15-37)22-8-4-5-13-36-22/h1-13,21H,14-19H2. The Morgan fingerprint density at radius 3 is 1.65 bits per heavy atom. The van der Waals surface area contributed by atoms with E-state index in [1.165, 1.54) is 0 Å². The largest absolute Gasteiger partial charge is 0.455 e. The van der Waals surface area contributed by atoms with E-state index in [4.69, 9.17) is 22.4 Å². The number of fused-ring (bicyclic) bond motifs is 6. The lowest BCUT2D eigenvalue weighted by atomic mass is 10.2. The van der Waals surface area contributed by atoms with E-state index in [0.717, 1.165) is 34.7 Å². The molecule has 51 heavy (non-hydrogen) atoms. The summed E-state index contributed by atoms with van der Waals surface area (Å²) < 4.78 is 27.8. The van der Waals surface area contributed by atoms with Gasteiger partial charge in [0.2, 0.25) is 11.2 Å². The second-order valence-electron chi connectivity index (χ2n) is 11.5. The van der Waals surface area contributed by atoms with Gasteiger partial charge in [0.25, 0.3) is 11.1 Å². The van der Waals surface area contributed by atoms with Crippen LogP contribution < -0.4 is 38.5 Å². The SMILES string of the molecule is O=C(OC(CN1CCN(c2ccccn2)CC1)Cn1c(=O)c2c3oc(=O)ccc(=O)oc3c3oc(=O)ccc(=O)oc3c2c1=O)c1ccccc1. The highest BCUT2D eigenvalue weighted by Gasteiger charge is 2.29. The quantitative estimate of drug-likeness (QED) is 0.217. The summed E-state index contributed by atoms with van der Waals surface area (Å²) >= 11 is 0. The lowest BCUT2D eigenvalue weighted by molar-refractivity contribution is 0.0144. The molecule has 1 saturated heterocycles. The molecule has 16 heteroatoms. The molecule has 6 aromatic rings. The van der Waals surface area contributed by atoms with Crippen LogP contribution >= 0.6 is 0 Å². The molecule has 7 rings (SSSR count). The van der Waals surface area contributed by atoms with Crippen molar-refractivity contribution in [1.82, 2.24) is 14.5 Å². The van der Waals surface area contributed by atoms with Crippen LogP contribution in [0.5, 0.6) is 0 Å². The highest BCUT2D eigenvalue weighted by Crippen LogP contribution is 2.29. The second-order valence-corrected chi connectivity index (χ2v) is 11.5. The van der Waals surface area contributed by atoms with Gasteiger partial charge in [0, 0.05) is 63.2 Å². The number of hydrogen-bond acceptors (Lipinski definition) is 15. The topological polar surface area (TPSA) is 206 Å². The Kier molecular flexibility index (Phi) is 8.81. The molecule has 0 bridgehead atoms. The van der Waals surface area contributed by atoms with E-state index in [1.54, 1.807) is 36.5 Å². The molecule has 1 atom stereocenters. The maximum absolute atomic E-state index is 14.2. The number of nitrogens with zero attached hydrogens (tertiary/aromatic N) is 4. The Morgan fingerprint density at radius 1 is 0.627 bits per heavy atom. The fraction of sp³-hybridized carbons (Fsp3) is 0.200. The summed E-state index contributed by atoms with van der Waals surface area (Å²) in [6, 6.07) is 16.7. The first kappa shape index (κ1) is 32.8. The van der Waals surface area contributed by atoms with Gasteiger partial charge in [-0.1, -0.05) is 24.3 Å². The molecule has 258 valence electrons. The Labute approximate surface area is 283 Å². The van der Waals surface area contributed by atoms with Crippen molar-refractivity contribution in [2.24, 2.45) is 0 Å². The minimum atomic E-state index is -1.13. The van der Waals surface area contributed by atoms with Crippen LogP contribution in [-0.4, -0.2) is 59.2 Å². The minimum absolute atomic E-state index is 0.104. The fourth-order valence-electron chi connectivity index (χ4n) is 5.91. The smallest absolute Gasteiger partial charge is 0.338 e. The molecular weight excluding hydrogens is 668 g/mol. The van der Waals surface area contributed by atoms with Crippen LogP contribution in [0.2, 0.25) is 0 Å². The van der Waals surface area contributed by atoms with Crippen molar-refractivity contribution >= 4 is 44.9 Å². The molecule has 0 aliphatic carbocycles. The van der Waals surface area contributed by atoms with Crippen molar-refractivity contribution in [3.8, 4) is 0 Å². The first-order valence-corrected chi connectivity index (χ1v) is 15.6. The second kappa shape index (κ2) is 13.7. The Balaban J connectivity index is 1.37. The summed E-state index contributed by atoms with van der Waals surface area (Å²) in [5.41, 5.74) is -9.30. The number of carbonyl (C=O) groups is 1. The van der Waals surface area contributed by atoms with Crippen LogP contribution in [0.1, 0.15) is 10.4 Å². The molecule has 0 spiro atoms. The summed E-state index contributed by atoms with van der Waals surface area (Å²) in [6.07, 6.45) is 0.615. The van der Waals surface area contributed by atoms with Gasteiger partial charge in [0.05, 0.1) is 12.1 Å². The van der Waals surface area contributed by atoms with Gasteiger partial charge < -0.3 is 27.3 Å². The van der Waals surface area contributed by atoms with Gasteiger partial charge in [-0.05, 0) is 24.3 Å². The predicted molar refractivity (Wildman–Crippen MR) is 181 cm³/mol. The summed E-state index contributed by atoms with van der Waals surface area (Å²) in [6.45, 7) is 1.87. The zero-order valence-electron chi connectivity index (χ0n) is 26.5. The van der Waals surface area contributed by atoms with E-state index in [9.17, 15) is 33.6 Å². The zero-order valence-corrected chi connectivity index (χ0v) is 26.5. The molecular formula is C35H26N4O12. The van der Waals surface area contributed by atoms with Crippen molar-refractivity contribution in [3.63, 3.8) is 0 Å². The minimum Gasteiger partial charge on any atom is -0.455 e. The third kappa shape index (κ3) is 6.67. The summed E-state index contributed by atoms with van der Waals surface area (Å²) in [4.78, 5) is 100. The van der Waals surface area contributed by atoms with Gasteiger partial charge in [0.15, 0.2) is 11.2 Å². The van der Waals surface area contributed by atoms with E-state index in [-0.39, 0.29) is 12.1 Å². The molecule has 0 radical (unpaired) electrons. The molecule has 16 nitrogen and oxygen atoms in total. The van der Waals surface area contributed by atoms with Crippen LogP contribution in [-0.2, 0) is 11.3 Å². The van der Waals surface area contributed by atoms with E-state index >= 15 is 0 Å². The van der Waals surface area contributed by atoms with Crippen molar-refractivity contribution in [1.29, 1.82) is 0 Å². The highest BCUT2D eigenvalue weighted by molar-refractivity contribution is 6.17. The Bertz CT molecular complexity index is 2570. The van der Waals surface area contributed by atoms with Crippen molar-refractivity contribution in [3.05, 3.63) is 147 Å². The number of pyridine rings is 1. The monoisotopic (exact) mass is 694 g/mol. The van der Waals surface area contributed by atoms with Gasteiger partial charge in [-0.2, -0.15) is 0 Å². The average molecular weight is 695 g/mol. The number of hydrogen-bond donors (Lipinski definition) is 0. The van der Waals surface area contributed by atoms with E-state index < -0.39 is 85.3 Å². The number of aromatic nitrogens is 2. The molecule has 0 N–H and O–H groups in total. The van der Waals surface area contributed by atoms with Crippen LogP contribution in [0.4, 0.5) is 5.82 Å². The number of anilines is 1. The molecule has 1 fully saturated rings. The van der Waals surface area contributed by atoms with Crippen molar-refractivity contribution in [2.75, 3.05) is 37.6 Å². The average Bonchev–Trinajstić information content (AvgIpc) is 3.37.